The first-order valence-electron chi connectivity index (χ1n) is 8.68. The monoisotopic (exact) mass is 399 g/mol. The average Bonchev–Trinajstić information content (AvgIpc) is 2.75. The van der Waals surface area contributed by atoms with Crippen molar-refractivity contribution in [2.24, 2.45) is 0 Å². The minimum Gasteiger partial charge on any atom is -0.468 e. The maximum atomic E-state index is 12.2. The fraction of sp³-hybridized carbons (Fsp3) is 0.200. The van der Waals surface area contributed by atoms with E-state index >= 15 is 0 Å². The van der Waals surface area contributed by atoms with Gasteiger partial charge in [-0.25, -0.2) is 4.79 Å². The van der Waals surface area contributed by atoms with Crippen molar-refractivity contribution in [3.05, 3.63) is 65.7 Å². The van der Waals surface area contributed by atoms with Gasteiger partial charge in [-0.1, -0.05) is 42.5 Å². The molecular weight excluding hydrogens is 378 g/mol. The number of benzene rings is 2. The Balaban J connectivity index is 1.83. The molecule has 9 heteroatoms. The molecule has 0 heterocycles. The summed E-state index contributed by atoms with van der Waals surface area (Å²) in [5.41, 5.74) is 1.22. The SMILES string of the molecule is COC(=O)CNC(=O)c1ccccc1NC(=O)CNC(=O)OCc1ccccc1. The summed E-state index contributed by atoms with van der Waals surface area (Å²) >= 11 is 0. The van der Waals surface area contributed by atoms with E-state index in [4.69, 9.17) is 4.74 Å². The van der Waals surface area contributed by atoms with Crippen LogP contribution in [0.25, 0.3) is 0 Å². The molecule has 3 amide bonds. The topological polar surface area (TPSA) is 123 Å². The molecule has 0 aliphatic heterocycles. The third kappa shape index (κ3) is 7.33. The Hall–Kier alpha value is -3.88. The maximum absolute atomic E-state index is 12.2. The van der Waals surface area contributed by atoms with E-state index in [2.05, 4.69) is 20.7 Å². The van der Waals surface area contributed by atoms with Gasteiger partial charge in [0.1, 0.15) is 19.7 Å². The van der Waals surface area contributed by atoms with E-state index in [0.29, 0.717) is 0 Å². The van der Waals surface area contributed by atoms with Crippen LogP contribution in [0.3, 0.4) is 0 Å². The van der Waals surface area contributed by atoms with Crippen molar-refractivity contribution in [1.82, 2.24) is 10.6 Å². The molecule has 9 nitrogen and oxygen atoms in total. The van der Waals surface area contributed by atoms with Gasteiger partial charge in [0.15, 0.2) is 0 Å². The molecule has 0 aliphatic carbocycles. The molecule has 2 aromatic carbocycles. The van der Waals surface area contributed by atoms with Crippen molar-refractivity contribution in [3.8, 4) is 0 Å². The predicted molar refractivity (Wildman–Crippen MR) is 104 cm³/mol. The van der Waals surface area contributed by atoms with Crippen LogP contribution in [0.15, 0.2) is 54.6 Å². The molecule has 0 unspecified atom stereocenters. The summed E-state index contributed by atoms with van der Waals surface area (Å²) in [5, 5.41) is 7.26. The highest BCUT2D eigenvalue weighted by atomic mass is 16.5. The van der Waals surface area contributed by atoms with Crippen LogP contribution >= 0.6 is 0 Å². The van der Waals surface area contributed by atoms with Gasteiger partial charge in [0.05, 0.1) is 18.4 Å². The van der Waals surface area contributed by atoms with Gasteiger partial charge < -0.3 is 25.4 Å². The van der Waals surface area contributed by atoms with Crippen LogP contribution in [0, 0.1) is 0 Å². The predicted octanol–water partition coefficient (Wildman–Crippen LogP) is 1.45. The largest absolute Gasteiger partial charge is 0.468 e. The highest BCUT2D eigenvalue weighted by Crippen LogP contribution is 2.14. The summed E-state index contributed by atoms with van der Waals surface area (Å²) in [6, 6.07) is 15.4. The number of amides is 3. The van der Waals surface area contributed by atoms with Gasteiger partial charge in [-0.3, -0.25) is 14.4 Å². The van der Waals surface area contributed by atoms with Crippen molar-refractivity contribution in [2.45, 2.75) is 6.61 Å². The van der Waals surface area contributed by atoms with Gasteiger partial charge in [0, 0.05) is 0 Å². The zero-order valence-electron chi connectivity index (χ0n) is 15.8. The first kappa shape index (κ1) is 21.4. The Labute approximate surface area is 167 Å². The fourth-order valence-corrected chi connectivity index (χ4v) is 2.23. The lowest BCUT2D eigenvalue weighted by molar-refractivity contribution is -0.139. The first-order valence-corrected chi connectivity index (χ1v) is 8.68. The van der Waals surface area contributed by atoms with E-state index < -0.39 is 23.9 Å². The second-order valence-electron chi connectivity index (χ2n) is 5.77. The summed E-state index contributed by atoms with van der Waals surface area (Å²) in [5.74, 6) is -1.70. The quantitative estimate of drug-likeness (QED) is 0.578. The highest BCUT2D eigenvalue weighted by Gasteiger charge is 2.14. The van der Waals surface area contributed by atoms with Gasteiger partial charge in [0.25, 0.3) is 5.91 Å². The molecule has 2 aromatic rings. The smallest absolute Gasteiger partial charge is 0.407 e. The second-order valence-corrected chi connectivity index (χ2v) is 5.77. The summed E-state index contributed by atoms with van der Waals surface area (Å²) in [7, 11) is 1.21. The van der Waals surface area contributed by atoms with Gasteiger partial charge in [0.2, 0.25) is 5.91 Å². The van der Waals surface area contributed by atoms with E-state index in [1.54, 1.807) is 12.1 Å². The number of ether oxygens (including phenoxy) is 2. The summed E-state index contributed by atoms with van der Waals surface area (Å²) in [6.45, 7) is -0.560. The molecule has 2 rings (SSSR count). The number of hydrogen-bond donors (Lipinski definition) is 3. The van der Waals surface area contributed by atoms with Crippen molar-refractivity contribution in [3.63, 3.8) is 0 Å². The van der Waals surface area contributed by atoms with Crippen LogP contribution < -0.4 is 16.0 Å². The third-order valence-electron chi connectivity index (χ3n) is 3.67. The number of para-hydroxylation sites is 1. The van der Waals surface area contributed by atoms with E-state index in [9.17, 15) is 19.2 Å². The number of anilines is 1. The number of rotatable bonds is 8. The standard InChI is InChI=1S/C20H21N3O6/c1-28-18(25)12-21-19(26)15-9-5-6-10-16(15)23-17(24)11-22-20(27)29-13-14-7-3-2-4-8-14/h2-10H,11-13H2,1H3,(H,21,26)(H,22,27)(H,23,24). The van der Waals surface area contributed by atoms with Crippen LogP contribution in [0.5, 0.6) is 0 Å². The average molecular weight is 399 g/mol. The molecule has 3 N–H and O–H groups in total. The summed E-state index contributed by atoms with van der Waals surface area (Å²) in [6.07, 6.45) is -0.742. The Morgan fingerprint density at radius 1 is 0.862 bits per heavy atom. The molecule has 0 atom stereocenters. The van der Waals surface area contributed by atoms with E-state index in [1.165, 1.54) is 19.2 Å². The third-order valence-corrected chi connectivity index (χ3v) is 3.67. The lowest BCUT2D eigenvalue weighted by Gasteiger charge is -2.11. The van der Waals surface area contributed by atoms with Gasteiger partial charge in [-0.05, 0) is 17.7 Å². The van der Waals surface area contributed by atoms with Crippen molar-refractivity contribution in [1.29, 1.82) is 0 Å². The van der Waals surface area contributed by atoms with Crippen LogP contribution in [0.2, 0.25) is 0 Å². The molecule has 0 aliphatic rings. The van der Waals surface area contributed by atoms with Crippen molar-refractivity contribution in [2.75, 3.05) is 25.5 Å². The molecule has 0 fully saturated rings. The van der Waals surface area contributed by atoms with Crippen LogP contribution in [0.4, 0.5) is 10.5 Å². The second kappa shape index (κ2) is 11.1. The van der Waals surface area contributed by atoms with Gasteiger partial charge in [-0.15, -0.1) is 0 Å². The van der Waals surface area contributed by atoms with E-state index in [-0.39, 0.29) is 30.9 Å². The van der Waals surface area contributed by atoms with Crippen LogP contribution in [0.1, 0.15) is 15.9 Å². The van der Waals surface area contributed by atoms with Gasteiger partial charge in [-0.2, -0.15) is 0 Å². The Morgan fingerprint density at radius 2 is 1.55 bits per heavy atom. The number of esters is 1. The maximum Gasteiger partial charge on any atom is 0.407 e. The fourth-order valence-electron chi connectivity index (χ4n) is 2.23. The Kier molecular flexibility index (Phi) is 8.18. The Morgan fingerprint density at radius 3 is 2.28 bits per heavy atom. The zero-order valence-corrected chi connectivity index (χ0v) is 15.8. The molecule has 0 saturated carbocycles. The van der Waals surface area contributed by atoms with Gasteiger partial charge >= 0.3 is 12.1 Å². The molecular formula is C20H21N3O6. The van der Waals surface area contributed by atoms with E-state index in [1.807, 2.05) is 30.3 Å². The normalized spacial score (nSPS) is 9.83. The summed E-state index contributed by atoms with van der Waals surface area (Å²) < 4.78 is 9.48. The number of nitrogens with one attached hydrogen (secondary N) is 3. The lowest BCUT2D eigenvalue weighted by atomic mass is 10.1. The molecule has 0 radical (unpaired) electrons. The lowest BCUT2D eigenvalue weighted by Crippen LogP contribution is -2.34. The number of methoxy groups -OCH3 is 1. The molecule has 0 saturated heterocycles. The molecule has 29 heavy (non-hydrogen) atoms. The molecule has 0 aromatic heterocycles. The minimum absolute atomic E-state index is 0.0808. The number of alkyl carbamates (subject to hydrolysis) is 1. The molecule has 152 valence electrons. The molecule has 0 bridgehead atoms. The van der Waals surface area contributed by atoms with Crippen molar-refractivity contribution < 1.29 is 28.7 Å². The van der Waals surface area contributed by atoms with Crippen LogP contribution in [-0.4, -0.2) is 44.1 Å². The van der Waals surface area contributed by atoms with Crippen molar-refractivity contribution >= 4 is 29.6 Å². The zero-order chi connectivity index (χ0) is 21.1. The van der Waals surface area contributed by atoms with E-state index in [0.717, 1.165) is 5.56 Å². The Bertz CT molecular complexity index is 870. The number of hydrogen-bond acceptors (Lipinski definition) is 6. The molecule has 0 spiro atoms. The summed E-state index contributed by atoms with van der Waals surface area (Å²) in [4.78, 5) is 47.1. The minimum atomic E-state index is -0.742. The highest BCUT2D eigenvalue weighted by molar-refractivity contribution is 6.05. The number of carbonyl (C=O) groups is 4. The van der Waals surface area contributed by atoms with Crippen LogP contribution in [-0.2, 0) is 25.7 Å². The number of carbonyl (C=O) groups excluding carboxylic acids is 4. The first-order chi connectivity index (χ1) is 14.0.